The van der Waals surface area contributed by atoms with E-state index < -0.39 is 17.7 Å². The molecule has 2 rings (SSSR count). The number of hydrogen-bond acceptors (Lipinski definition) is 4. The Balaban J connectivity index is 2.27. The molecule has 7 heteroatoms. The van der Waals surface area contributed by atoms with Gasteiger partial charge in [-0.3, -0.25) is 9.59 Å². The summed E-state index contributed by atoms with van der Waals surface area (Å²) in [6.45, 7) is 0. The predicted octanol–water partition coefficient (Wildman–Crippen LogP) is 3.60. The molecule has 0 fully saturated rings. The van der Waals surface area contributed by atoms with E-state index >= 15 is 0 Å². The van der Waals surface area contributed by atoms with Crippen LogP contribution in [0.3, 0.4) is 0 Å². The number of nitrogens with one attached hydrogen (secondary N) is 1. The fraction of sp³-hybridized carbons (Fsp3) is 0.0625. The highest BCUT2D eigenvalue weighted by atomic mass is 35.5. The molecule has 0 aliphatic carbocycles. The number of carbonyl (C=O) groups is 3. The maximum absolute atomic E-state index is 12.3. The Kier molecular flexibility index (Phi) is 5.36. The molecule has 0 aliphatic heterocycles. The van der Waals surface area contributed by atoms with Crippen LogP contribution in [0.5, 0.6) is 0 Å². The number of ether oxygens (including phenoxy) is 1. The summed E-state index contributed by atoms with van der Waals surface area (Å²) in [5, 5.41) is 3.03. The number of rotatable bonds is 4. The summed E-state index contributed by atoms with van der Waals surface area (Å²) in [6.07, 6.45) is 0. The molecule has 5 nitrogen and oxygen atoms in total. The maximum Gasteiger partial charge on any atom is 0.338 e. The van der Waals surface area contributed by atoms with Crippen LogP contribution in [0.2, 0.25) is 10.0 Å². The Labute approximate surface area is 142 Å². The van der Waals surface area contributed by atoms with Crippen LogP contribution in [0.4, 0.5) is 5.69 Å². The summed E-state index contributed by atoms with van der Waals surface area (Å²) < 4.78 is 4.60. The van der Waals surface area contributed by atoms with E-state index in [1.807, 2.05) is 0 Å². The maximum atomic E-state index is 12.3. The van der Waals surface area contributed by atoms with Gasteiger partial charge in [-0.2, -0.15) is 0 Å². The summed E-state index contributed by atoms with van der Waals surface area (Å²) in [5.74, 6) is -2.49. The summed E-state index contributed by atoms with van der Waals surface area (Å²) in [4.78, 5) is 36.0. The van der Waals surface area contributed by atoms with Crippen molar-refractivity contribution in [1.82, 2.24) is 0 Å². The van der Waals surface area contributed by atoms with Gasteiger partial charge < -0.3 is 10.1 Å². The lowest BCUT2D eigenvalue weighted by atomic mass is 10.0. The van der Waals surface area contributed by atoms with Crippen molar-refractivity contribution in [2.45, 2.75) is 0 Å². The zero-order valence-corrected chi connectivity index (χ0v) is 13.4. The van der Waals surface area contributed by atoms with Gasteiger partial charge in [0.15, 0.2) is 0 Å². The number of halogens is 2. The quantitative estimate of drug-likeness (QED) is 0.518. The van der Waals surface area contributed by atoms with Gasteiger partial charge in [-0.05, 0) is 30.3 Å². The molecule has 2 aromatic rings. The van der Waals surface area contributed by atoms with Gasteiger partial charge in [0.25, 0.3) is 11.7 Å². The highest BCUT2D eigenvalue weighted by Crippen LogP contribution is 2.22. The molecule has 118 valence electrons. The highest BCUT2D eigenvalue weighted by Gasteiger charge is 2.23. The number of benzene rings is 2. The average Bonchev–Trinajstić information content (AvgIpc) is 2.52. The van der Waals surface area contributed by atoms with E-state index in [9.17, 15) is 14.4 Å². The first-order valence-electron chi connectivity index (χ1n) is 6.41. The third-order valence-corrected chi connectivity index (χ3v) is 3.34. The molecule has 23 heavy (non-hydrogen) atoms. The van der Waals surface area contributed by atoms with E-state index in [2.05, 4.69) is 10.1 Å². The van der Waals surface area contributed by atoms with Gasteiger partial charge in [0, 0.05) is 21.3 Å². The average molecular weight is 352 g/mol. The lowest BCUT2D eigenvalue weighted by Gasteiger charge is -2.08. The SMILES string of the molecule is COC(=O)c1ccccc1C(=O)C(=O)Nc1cc(Cl)cc(Cl)c1. The van der Waals surface area contributed by atoms with Crippen LogP contribution in [-0.4, -0.2) is 24.8 Å². The molecule has 0 saturated heterocycles. The lowest BCUT2D eigenvalue weighted by Crippen LogP contribution is -2.25. The van der Waals surface area contributed by atoms with E-state index in [1.54, 1.807) is 12.1 Å². The number of esters is 1. The van der Waals surface area contributed by atoms with Gasteiger partial charge in [0.05, 0.1) is 12.7 Å². The molecule has 0 unspecified atom stereocenters. The molecule has 0 bridgehead atoms. The molecule has 0 atom stereocenters. The van der Waals surface area contributed by atoms with Gasteiger partial charge in [-0.25, -0.2) is 4.79 Å². The minimum absolute atomic E-state index is 0.0132. The number of anilines is 1. The normalized spacial score (nSPS) is 10.0. The zero-order chi connectivity index (χ0) is 17.0. The molecule has 0 saturated carbocycles. The van der Waals surface area contributed by atoms with Crippen LogP contribution in [0.25, 0.3) is 0 Å². The molecule has 0 aliphatic rings. The fourth-order valence-corrected chi connectivity index (χ4v) is 2.43. The number of amides is 1. The van der Waals surface area contributed by atoms with E-state index in [4.69, 9.17) is 23.2 Å². The number of methoxy groups -OCH3 is 1. The molecular weight excluding hydrogens is 341 g/mol. The second kappa shape index (κ2) is 7.26. The Bertz CT molecular complexity index is 769. The first kappa shape index (κ1) is 17.0. The number of carbonyl (C=O) groups excluding carboxylic acids is 3. The molecule has 0 heterocycles. The first-order chi connectivity index (χ1) is 10.9. The minimum Gasteiger partial charge on any atom is -0.465 e. The summed E-state index contributed by atoms with van der Waals surface area (Å²) >= 11 is 11.7. The van der Waals surface area contributed by atoms with Gasteiger partial charge in [0.2, 0.25) is 0 Å². The summed E-state index contributed by atoms with van der Waals surface area (Å²) in [5.41, 5.74) is 0.237. The second-order valence-electron chi connectivity index (χ2n) is 4.48. The molecule has 0 spiro atoms. The van der Waals surface area contributed by atoms with Gasteiger partial charge in [0.1, 0.15) is 0 Å². The van der Waals surface area contributed by atoms with Gasteiger partial charge in [-0.15, -0.1) is 0 Å². The van der Waals surface area contributed by atoms with Crippen molar-refractivity contribution in [3.8, 4) is 0 Å². The molecule has 2 aromatic carbocycles. The van der Waals surface area contributed by atoms with Crippen molar-refractivity contribution in [2.75, 3.05) is 12.4 Å². The first-order valence-corrected chi connectivity index (χ1v) is 7.17. The number of hydrogen-bond donors (Lipinski definition) is 1. The van der Waals surface area contributed by atoms with Crippen molar-refractivity contribution >= 4 is 46.5 Å². The van der Waals surface area contributed by atoms with Gasteiger partial charge in [-0.1, -0.05) is 35.3 Å². The highest BCUT2D eigenvalue weighted by molar-refractivity contribution is 6.47. The summed E-state index contributed by atoms with van der Waals surface area (Å²) in [7, 11) is 1.19. The molecule has 1 amide bonds. The van der Waals surface area contributed by atoms with E-state index in [-0.39, 0.29) is 16.8 Å². The van der Waals surface area contributed by atoms with E-state index in [0.717, 1.165) is 0 Å². The molecule has 0 radical (unpaired) electrons. The van der Waals surface area contributed by atoms with Crippen LogP contribution in [0.15, 0.2) is 42.5 Å². The Morgan fingerprint density at radius 1 is 0.957 bits per heavy atom. The van der Waals surface area contributed by atoms with Gasteiger partial charge >= 0.3 is 5.97 Å². The van der Waals surface area contributed by atoms with E-state index in [0.29, 0.717) is 10.0 Å². The molecule has 0 aromatic heterocycles. The van der Waals surface area contributed by atoms with E-state index in [1.165, 1.54) is 37.4 Å². The van der Waals surface area contributed by atoms with Crippen LogP contribution in [0.1, 0.15) is 20.7 Å². The fourth-order valence-electron chi connectivity index (χ4n) is 1.91. The van der Waals surface area contributed by atoms with Crippen LogP contribution in [0, 0.1) is 0 Å². The van der Waals surface area contributed by atoms with Crippen molar-refractivity contribution in [3.63, 3.8) is 0 Å². The number of ketones is 1. The molecule has 1 N–H and O–H groups in total. The topological polar surface area (TPSA) is 72.5 Å². The Morgan fingerprint density at radius 2 is 1.52 bits per heavy atom. The van der Waals surface area contributed by atoms with Crippen LogP contribution >= 0.6 is 23.2 Å². The lowest BCUT2D eigenvalue weighted by molar-refractivity contribution is -0.112. The smallest absolute Gasteiger partial charge is 0.338 e. The number of Topliss-reactive ketones (excluding diaryl/α,β-unsaturated/α-hetero) is 1. The van der Waals surface area contributed by atoms with Crippen LogP contribution < -0.4 is 5.32 Å². The minimum atomic E-state index is -0.917. The van der Waals surface area contributed by atoms with Crippen molar-refractivity contribution in [1.29, 1.82) is 0 Å². The predicted molar refractivity (Wildman–Crippen MR) is 87.2 cm³/mol. The second-order valence-corrected chi connectivity index (χ2v) is 5.35. The van der Waals surface area contributed by atoms with Crippen molar-refractivity contribution in [2.24, 2.45) is 0 Å². The van der Waals surface area contributed by atoms with Crippen LogP contribution in [-0.2, 0) is 9.53 Å². The zero-order valence-electron chi connectivity index (χ0n) is 11.9. The molecular formula is C16H11Cl2NO4. The Morgan fingerprint density at radius 3 is 2.09 bits per heavy atom. The Hall–Kier alpha value is -2.37. The largest absolute Gasteiger partial charge is 0.465 e. The van der Waals surface area contributed by atoms with Crippen molar-refractivity contribution in [3.05, 3.63) is 63.6 Å². The third kappa shape index (κ3) is 4.09. The third-order valence-electron chi connectivity index (χ3n) is 2.90. The monoisotopic (exact) mass is 351 g/mol. The van der Waals surface area contributed by atoms with Crippen molar-refractivity contribution < 1.29 is 19.1 Å². The standard InChI is InChI=1S/C16H11Cl2NO4/c1-23-16(22)13-5-3-2-4-12(13)14(20)15(21)19-11-7-9(17)6-10(18)8-11/h2-8H,1H3,(H,19,21). The summed E-state index contributed by atoms with van der Waals surface area (Å²) in [6, 6.07) is 10.3.